The van der Waals surface area contributed by atoms with Crippen molar-refractivity contribution in [1.82, 2.24) is 4.90 Å². The lowest BCUT2D eigenvalue weighted by atomic mass is 10.1. The SMILES string of the molecule is CC(C/C(N)=N/O)N(C)Cc1cc(F)cc(F)c1. The lowest BCUT2D eigenvalue weighted by molar-refractivity contribution is 0.250. The van der Waals surface area contributed by atoms with Gasteiger partial charge in [0.15, 0.2) is 0 Å². The summed E-state index contributed by atoms with van der Waals surface area (Å²) in [7, 11) is 1.80. The molecule has 0 aliphatic heterocycles. The van der Waals surface area contributed by atoms with E-state index in [2.05, 4.69) is 5.16 Å². The summed E-state index contributed by atoms with van der Waals surface area (Å²) >= 11 is 0. The van der Waals surface area contributed by atoms with Crippen LogP contribution in [-0.2, 0) is 6.54 Å². The standard InChI is InChI=1S/C12H17F2N3O/c1-8(3-12(15)16-18)17(2)7-9-4-10(13)6-11(14)5-9/h4-6,8,18H,3,7H2,1-2H3,(H2,15,16). The zero-order valence-electron chi connectivity index (χ0n) is 10.4. The molecule has 1 unspecified atom stereocenters. The lowest BCUT2D eigenvalue weighted by Gasteiger charge is -2.24. The molecule has 4 nitrogen and oxygen atoms in total. The van der Waals surface area contributed by atoms with Gasteiger partial charge in [0.1, 0.15) is 17.5 Å². The minimum atomic E-state index is -0.595. The van der Waals surface area contributed by atoms with E-state index in [1.807, 2.05) is 11.8 Å². The van der Waals surface area contributed by atoms with Crippen molar-refractivity contribution in [3.63, 3.8) is 0 Å². The molecule has 18 heavy (non-hydrogen) atoms. The number of benzene rings is 1. The van der Waals surface area contributed by atoms with Gasteiger partial charge in [0, 0.05) is 25.1 Å². The number of nitrogens with two attached hydrogens (primary N) is 1. The van der Waals surface area contributed by atoms with Gasteiger partial charge >= 0.3 is 0 Å². The molecule has 0 bridgehead atoms. The molecule has 0 saturated carbocycles. The molecular weight excluding hydrogens is 240 g/mol. The third-order valence-electron chi connectivity index (χ3n) is 2.74. The second-order valence-electron chi connectivity index (χ2n) is 4.34. The molecular formula is C12H17F2N3O. The van der Waals surface area contributed by atoms with Crippen LogP contribution >= 0.6 is 0 Å². The first-order valence-corrected chi connectivity index (χ1v) is 5.54. The van der Waals surface area contributed by atoms with Crippen molar-refractivity contribution in [2.45, 2.75) is 25.9 Å². The second-order valence-corrected chi connectivity index (χ2v) is 4.34. The summed E-state index contributed by atoms with van der Waals surface area (Å²) in [5.41, 5.74) is 5.95. The third kappa shape index (κ3) is 4.29. The Labute approximate surface area is 105 Å². The molecule has 0 aliphatic rings. The van der Waals surface area contributed by atoms with Crippen molar-refractivity contribution in [2.75, 3.05) is 7.05 Å². The normalized spacial score (nSPS) is 13.9. The molecule has 0 amide bonds. The van der Waals surface area contributed by atoms with Crippen molar-refractivity contribution in [1.29, 1.82) is 0 Å². The van der Waals surface area contributed by atoms with Gasteiger partial charge in [0.05, 0.1) is 0 Å². The van der Waals surface area contributed by atoms with Crippen LogP contribution in [0.25, 0.3) is 0 Å². The minimum absolute atomic E-state index is 0.00720. The minimum Gasteiger partial charge on any atom is -0.409 e. The van der Waals surface area contributed by atoms with Crippen LogP contribution in [-0.4, -0.2) is 29.0 Å². The van der Waals surface area contributed by atoms with Crippen LogP contribution in [0.5, 0.6) is 0 Å². The lowest BCUT2D eigenvalue weighted by Crippen LogP contribution is -2.32. The largest absolute Gasteiger partial charge is 0.409 e. The Bertz CT molecular complexity index is 417. The Morgan fingerprint density at radius 2 is 1.94 bits per heavy atom. The number of amidine groups is 1. The highest BCUT2D eigenvalue weighted by molar-refractivity contribution is 5.80. The Hall–Kier alpha value is -1.69. The number of rotatable bonds is 5. The fraction of sp³-hybridized carbons (Fsp3) is 0.417. The first-order chi connectivity index (χ1) is 8.42. The average molecular weight is 257 g/mol. The van der Waals surface area contributed by atoms with Crippen molar-refractivity contribution >= 4 is 5.84 Å². The van der Waals surface area contributed by atoms with Crippen molar-refractivity contribution < 1.29 is 14.0 Å². The van der Waals surface area contributed by atoms with Gasteiger partial charge < -0.3 is 10.9 Å². The average Bonchev–Trinajstić information content (AvgIpc) is 2.27. The maximum absolute atomic E-state index is 13.0. The van der Waals surface area contributed by atoms with Gasteiger partial charge in [-0.1, -0.05) is 5.16 Å². The zero-order chi connectivity index (χ0) is 13.7. The molecule has 0 saturated heterocycles. The summed E-state index contributed by atoms with van der Waals surface area (Å²) in [6.45, 7) is 2.27. The monoisotopic (exact) mass is 257 g/mol. The number of hydrogen-bond acceptors (Lipinski definition) is 3. The smallest absolute Gasteiger partial charge is 0.140 e. The molecule has 1 atom stereocenters. The van der Waals surface area contributed by atoms with E-state index in [9.17, 15) is 8.78 Å². The molecule has 0 aromatic heterocycles. The summed E-state index contributed by atoms with van der Waals surface area (Å²) in [5.74, 6) is -1.07. The third-order valence-corrected chi connectivity index (χ3v) is 2.74. The molecule has 0 aliphatic carbocycles. The van der Waals surface area contributed by atoms with Crippen molar-refractivity contribution in [3.8, 4) is 0 Å². The van der Waals surface area contributed by atoms with E-state index in [0.717, 1.165) is 6.07 Å². The van der Waals surface area contributed by atoms with E-state index in [0.29, 0.717) is 18.5 Å². The van der Waals surface area contributed by atoms with Gasteiger partial charge in [-0.15, -0.1) is 0 Å². The summed E-state index contributed by atoms with van der Waals surface area (Å²) in [5, 5.41) is 11.4. The van der Waals surface area contributed by atoms with E-state index < -0.39 is 11.6 Å². The first kappa shape index (κ1) is 14.4. The van der Waals surface area contributed by atoms with Crippen LogP contribution in [0.15, 0.2) is 23.4 Å². The summed E-state index contributed by atoms with van der Waals surface area (Å²) in [6.07, 6.45) is 0.380. The second kappa shape index (κ2) is 6.30. The molecule has 100 valence electrons. The summed E-state index contributed by atoms with van der Waals surface area (Å²) in [4.78, 5) is 1.87. The zero-order valence-corrected chi connectivity index (χ0v) is 10.4. The van der Waals surface area contributed by atoms with Crippen LogP contribution in [0.2, 0.25) is 0 Å². The highest BCUT2D eigenvalue weighted by Crippen LogP contribution is 2.12. The van der Waals surface area contributed by atoms with Gasteiger partial charge in [-0.05, 0) is 31.7 Å². The van der Waals surface area contributed by atoms with Gasteiger partial charge in [-0.2, -0.15) is 0 Å². The quantitative estimate of drug-likeness (QED) is 0.366. The molecule has 3 N–H and O–H groups in total. The maximum Gasteiger partial charge on any atom is 0.140 e. The van der Waals surface area contributed by atoms with Crippen LogP contribution in [0, 0.1) is 11.6 Å². The fourth-order valence-corrected chi connectivity index (χ4v) is 1.65. The topological polar surface area (TPSA) is 61.9 Å². The summed E-state index contributed by atoms with van der Waals surface area (Å²) < 4.78 is 26.0. The number of oxime groups is 1. The van der Waals surface area contributed by atoms with E-state index in [-0.39, 0.29) is 11.9 Å². The maximum atomic E-state index is 13.0. The molecule has 0 fully saturated rings. The fourth-order valence-electron chi connectivity index (χ4n) is 1.65. The van der Waals surface area contributed by atoms with Crippen LogP contribution in [0.3, 0.4) is 0 Å². The predicted octanol–water partition coefficient (Wildman–Crippen LogP) is 1.92. The van der Waals surface area contributed by atoms with E-state index in [1.165, 1.54) is 12.1 Å². The van der Waals surface area contributed by atoms with E-state index >= 15 is 0 Å². The highest BCUT2D eigenvalue weighted by atomic mass is 19.1. The van der Waals surface area contributed by atoms with Crippen molar-refractivity contribution in [2.24, 2.45) is 10.9 Å². The van der Waals surface area contributed by atoms with Gasteiger partial charge in [0.25, 0.3) is 0 Å². The van der Waals surface area contributed by atoms with E-state index in [1.54, 1.807) is 7.05 Å². The van der Waals surface area contributed by atoms with Crippen molar-refractivity contribution in [3.05, 3.63) is 35.4 Å². The molecule has 1 rings (SSSR count). The molecule has 1 aromatic carbocycles. The summed E-state index contributed by atoms with van der Waals surface area (Å²) in [6, 6.07) is 3.40. The van der Waals surface area contributed by atoms with Crippen LogP contribution < -0.4 is 5.73 Å². The molecule has 0 spiro atoms. The van der Waals surface area contributed by atoms with Gasteiger partial charge in [-0.25, -0.2) is 8.78 Å². The Morgan fingerprint density at radius 3 is 2.44 bits per heavy atom. The Morgan fingerprint density at radius 1 is 1.39 bits per heavy atom. The Balaban J connectivity index is 2.66. The van der Waals surface area contributed by atoms with Gasteiger partial charge in [0.2, 0.25) is 0 Å². The molecule has 0 radical (unpaired) electrons. The number of nitrogens with zero attached hydrogens (tertiary/aromatic N) is 2. The Kier molecular flexibility index (Phi) is 5.03. The number of halogens is 2. The first-order valence-electron chi connectivity index (χ1n) is 5.54. The molecule has 6 heteroatoms. The van der Waals surface area contributed by atoms with Crippen LogP contribution in [0.1, 0.15) is 18.9 Å². The van der Waals surface area contributed by atoms with E-state index in [4.69, 9.17) is 10.9 Å². The van der Waals surface area contributed by atoms with Gasteiger partial charge in [-0.3, -0.25) is 4.90 Å². The highest BCUT2D eigenvalue weighted by Gasteiger charge is 2.12. The predicted molar refractivity (Wildman–Crippen MR) is 65.3 cm³/mol. The number of hydrogen-bond donors (Lipinski definition) is 2. The molecule has 1 aromatic rings. The molecule has 0 heterocycles. The van der Waals surface area contributed by atoms with Crippen LogP contribution in [0.4, 0.5) is 8.78 Å².